The summed E-state index contributed by atoms with van der Waals surface area (Å²) < 4.78 is 6.45. The minimum atomic E-state index is -0.233. The predicted molar refractivity (Wildman–Crippen MR) is 131 cm³/mol. The van der Waals surface area contributed by atoms with Crippen molar-refractivity contribution in [3.63, 3.8) is 0 Å². The van der Waals surface area contributed by atoms with E-state index in [-0.39, 0.29) is 30.6 Å². The molecular formula is C25H26N4O4S. The molecule has 0 N–H and O–H groups in total. The summed E-state index contributed by atoms with van der Waals surface area (Å²) in [6.45, 7) is 4.66. The minimum absolute atomic E-state index is 0.193. The molecule has 2 aromatic carbocycles. The van der Waals surface area contributed by atoms with E-state index in [1.54, 1.807) is 29.2 Å². The molecule has 0 bridgehead atoms. The first-order chi connectivity index (χ1) is 16.6. The number of imide groups is 1. The van der Waals surface area contributed by atoms with E-state index < -0.39 is 0 Å². The van der Waals surface area contributed by atoms with Gasteiger partial charge in [0.2, 0.25) is 11.8 Å². The Morgan fingerprint density at radius 3 is 2.56 bits per heavy atom. The molecule has 2 fully saturated rings. The number of fused-ring (bicyclic) bond motifs is 1. The van der Waals surface area contributed by atoms with Gasteiger partial charge in [-0.25, -0.2) is 4.98 Å². The van der Waals surface area contributed by atoms with Crippen LogP contribution in [0.2, 0.25) is 0 Å². The predicted octanol–water partition coefficient (Wildman–Crippen LogP) is 3.32. The van der Waals surface area contributed by atoms with Crippen molar-refractivity contribution in [1.82, 2.24) is 9.88 Å². The number of amides is 3. The molecule has 2 aliphatic heterocycles. The van der Waals surface area contributed by atoms with Gasteiger partial charge in [-0.1, -0.05) is 29.5 Å². The molecule has 1 aromatic heterocycles. The van der Waals surface area contributed by atoms with E-state index in [1.807, 2.05) is 24.3 Å². The van der Waals surface area contributed by atoms with Crippen molar-refractivity contribution in [3.8, 4) is 0 Å². The van der Waals surface area contributed by atoms with Gasteiger partial charge in [0.25, 0.3) is 5.91 Å². The summed E-state index contributed by atoms with van der Waals surface area (Å²) in [4.78, 5) is 48.1. The summed E-state index contributed by atoms with van der Waals surface area (Å²) in [7, 11) is 0. The highest BCUT2D eigenvalue weighted by atomic mass is 32.1. The standard InChI is InChI=1S/C25H26N4O4S/c30-22-9-10-23(31)29(22)19-6-3-5-18(17-19)24(32)28(12-4-11-27-13-15-33-16-14-27)25-26-20-7-1-2-8-21(20)34-25/h1-3,5-8,17H,4,9-16H2. The molecule has 0 saturated carbocycles. The zero-order valence-electron chi connectivity index (χ0n) is 18.8. The zero-order chi connectivity index (χ0) is 23.5. The lowest BCUT2D eigenvalue weighted by Gasteiger charge is -2.28. The van der Waals surface area contributed by atoms with E-state index in [4.69, 9.17) is 9.72 Å². The number of hydrogen-bond acceptors (Lipinski definition) is 7. The second kappa shape index (κ2) is 10.0. The number of nitrogens with zero attached hydrogens (tertiary/aromatic N) is 4. The van der Waals surface area contributed by atoms with Gasteiger partial charge in [-0.2, -0.15) is 0 Å². The van der Waals surface area contributed by atoms with Gasteiger partial charge >= 0.3 is 0 Å². The quantitative estimate of drug-likeness (QED) is 0.485. The second-order valence-corrected chi connectivity index (χ2v) is 9.41. The number of morpholine rings is 1. The maximum atomic E-state index is 13.7. The molecule has 2 saturated heterocycles. The molecule has 2 aliphatic rings. The van der Waals surface area contributed by atoms with Crippen LogP contribution in [0.1, 0.15) is 29.6 Å². The van der Waals surface area contributed by atoms with Gasteiger partial charge < -0.3 is 4.74 Å². The Bertz CT molecular complexity index is 1170. The third kappa shape index (κ3) is 4.72. The average Bonchev–Trinajstić information content (AvgIpc) is 3.44. The normalized spacial score (nSPS) is 17.0. The van der Waals surface area contributed by atoms with Crippen LogP contribution in [0.3, 0.4) is 0 Å². The Morgan fingerprint density at radius 1 is 1.03 bits per heavy atom. The van der Waals surface area contributed by atoms with Gasteiger partial charge in [-0.05, 0) is 36.8 Å². The van der Waals surface area contributed by atoms with Crippen LogP contribution in [-0.2, 0) is 14.3 Å². The molecule has 0 spiro atoms. The first-order valence-electron chi connectivity index (χ1n) is 11.5. The summed E-state index contributed by atoms with van der Waals surface area (Å²) in [5.74, 6) is -0.659. The summed E-state index contributed by atoms with van der Waals surface area (Å²) in [6, 6.07) is 14.6. The van der Waals surface area contributed by atoms with Crippen LogP contribution < -0.4 is 9.80 Å². The fraction of sp³-hybridized carbons (Fsp3) is 0.360. The summed E-state index contributed by atoms with van der Waals surface area (Å²) in [6.07, 6.45) is 1.21. The Labute approximate surface area is 201 Å². The highest BCUT2D eigenvalue weighted by molar-refractivity contribution is 7.22. The van der Waals surface area contributed by atoms with Gasteiger partial charge in [0.15, 0.2) is 5.13 Å². The number of carbonyl (C=O) groups excluding carboxylic acids is 3. The van der Waals surface area contributed by atoms with E-state index in [9.17, 15) is 14.4 Å². The average molecular weight is 479 g/mol. The number of benzene rings is 2. The maximum Gasteiger partial charge on any atom is 0.260 e. The highest BCUT2D eigenvalue weighted by Gasteiger charge is 2.31. The van der Waals surface area contributed by atoms with E-state index in [0.717, 1.165) is 49.5 Å². The van der Waals surface area contributed by atoms with Gasteiger partial charge in [-0.15, -0.1) is 0 Å². The van der Waals surface area contributed by atoms with Crippen LogP contribution in [-0.4, -0.2) is 67.0 Å². The van der Waals surface area contributed by atoms with Gasteiger partial charge in [0.1, 0.15) is 0 Å². The summed E-state index contributed by atoms with van der Waals surface area (Å²) >= 11 is 1.49. The van der Waals surface area contributed by atoms with Crippen LogP contribution in [0.25, 0.3) is 10.2 Å². The topological polar surface area (TPSA) is 83.1 Å². The van der Waals surface area contributed by atoms with Gasteiger partial charge in [0, 0.05) is 44.6 Å². The van der Waals surface area contributed by atoms with Crippen LogP contribution in [0.5, 0.6) is 0 Å². The highest BCUT2D eigenvalue weighted by Crippen LogP contribution is 2.31. The smallest absolute Gasteiger partial charge is 0.260 e. The summed E-state index contributed by atoms with van der Waals surface area (Å²) in [5, 5.41) is 0.645. The molecule has 176 valence electrons. The minimum Gasteiger partial charge on any atom is -0.379 e. The molecule has 0 atom stereocenters. The number of para-hydroxylation sites is 1. The first kappa shape index (κ1) is 22.6. The molecule has 0 radical (unpaired) electrons. The van der Waals surface area contributed by atoms with Crippen molar-refractivity contribution in [2.45, 2.75) is 19.3 Å². The van der Waals surface area contributed by atoms with Crippen molar-refractivity contribution < 1.29 is 19.1 Å². The van der Waals surface area contributed by atoms with Crippen molar-refractivity contribution >= 4 is 50.1 Å². The van der Waals surface area contributed by atoms with Crippen molar-refractivity contribution in [2.24, 2.45) is 0 Å². The number of rotatable bonds is 7. The van der Waals surface area contributed by atoms with Crippen molar-refractivity contribution in [1.29, 1.82) is 0 Å². The van der Waals surface area contributed by atoms with E-state index in [1.165, 1.54) is 16.2 Å². The van der Waals surface area contributed by atoms with Crippen LogP contribution in [0.15, 0.2) is 48.5 Å². The lowest BCUT2D eigenvalue weighted by atomic mass is 10.1. The Morgan fingerprint density at radius 2 is 1.79 bits per heavy atom. The molecule has 8 nitrogen and oxygen atoms in total. The van der Waals surface area contributed by atoms with E-state index in [0.29, 0.717) is 22.9 Å². The number of anilines is 2. The molecule has 3 aromatic rings. The maximum absolute atomic E-state index is 13.7. The Hall–Kier alpha value is -3.14. The second-order valence-electron chi connectivity index (χ2n) is 8.40. The first-order valence-corrected chi connectivity index (χ1v) is 12.4. The third-order valence-corrected chi connectivity index (χ3v) is 7.18. The molecule has 9 heteroatoms. The number of aromatic nitrogens is 1. The number of thiazole rings is 1. The van der Waals surface area contributed by atoms with Gasteiger partial charge in [0.05, 0.1) is 29.1 Å². The van der Waals surface area contributed by atoms with Crippen molar-refractivity contribution in [2.75, 3.05) is 49.2 Å². The fourth-order valence-corrected chi connectivity index (χ4v) is 5.33. The number of ether oxygens (including phenoxy) is 1. The molecule has 5 rings (SSSR count). The SMILES string of the molecule is O=C(c1cccc(N2C(=O)CCC2=O)c1)N(CCCN1CCOCC1)c1nc2ccccc2s1. The lowest BCUT2D eigenvalue weighted by Crippen LogP contribution is -2.39. The fourth-order valence-electron chi connectivity index (χ4n) is 4.34. The molecular weight excluding hydrogens is 452 g/mol. The third-order valence-electron chi connectivity index (χ3n) is 6.12. The molecule has 3 heterocycles. The number of carbonyl (C=O) groups is 3. The molecule has 0 aliphatic carbocycles. The van der Waals surface area contributed by atoms with Crippen LogP contribution in [0.4, 0.5) is 10.8 Å². The Balaban J connectivity index is 1.40. The van der Waals surface area contributed by atoms with Crippen LogP contribution in [0, 0.1) is 0 Å². The van der Waals surface area contributed by atoms with Crippen LogP contribution >= 0.6 is 11.3 Å². The lowest BCUT2D eigenvalue weighted by molar-refractivity contribution is -0.121. The molecule has 3 amide bonds. The molecule has 0 unspecified atom stereocenters. The Kier molecular flexibility index (Phi) is 6.66. The van der Waals surface area contributed by atoms with Crippen molar-refractivity contribution in [3.05, 3.63) is 54.1 Å². The van der Waals surface area contributed by atoms with E-state index >= 15 is 0 Å². The summed E-state index contributed by atoms with van der Waals surface area (Å²) in [5.41, 5.74) is 1.72. The molecule has 34 heavy (non-hydrogen) atoms. The van der Waals surface area contributed by atoms with E-state index in [2.05, 4.69) is 4.90 Å². The zero-order valence-corrected chi connectivity index (χ0v) is 19.6. The van der Waals surface area contributed by atoms with Gasteiger partial charge in [-0.3, -0.25) is 29.1 Å². The monoisotopic (exact) mass is 478 g/mol. The number of hydrogen-bond donors (Lipinski definition) is 0. The largest absolute Gasteiger partial charge is 0.379 e.